The molecule has 1 atom stereocenters. The average molecular weight is 213 g/mol. The summed E-state index contributed by atoms with van der Waals surface area (Å²) in [5.41, 5.74) is 7.00. The number of nitrogens with one attached hydrogen (secondary N) is 1. The summed E-state index contributed by atoms with van der Waals surface area (Å²) in [6, 6.07) is 7.55. The van der Waals surface area contributed by atoms with Gasteiger partial charge in [0.1, 0.15) is 0 Å². The van der Waals surface area contributed by atoms with Gasteiger partial charge in [0.25, 0.3) is 5.91 Å². The van der Waals surface area contributed by atoms with E-state index in [1.807, 2.05) is 31.2 Å². The van der Waals surface area contributed by atoms with E-state index in [1.54, 1.807) is 0 Å². The molecule has 0 aromatic heterocycles. The topological polar surface area (TPSA) is 55.1 Å². The van der Waals surface area contributed by atoms with Crippen molar-refractivity contribution in [2.45, 2.75) is 12.5 Å². The van der Waals surface area contributed by atoms with Gasteiger partial charge in [0, 0.05) is 12.1 Å². The summed E-state index contributed by atoms with van der Waals surface area (Å²) >= 11 is 0. The number of carbonyl (C=O) groups is 1. The van der Waals surface area contributed by atoms with Crippen molar-refractivity contribution in [1.82, 2.24) is 5.32 Å². The zero-order valence-electron chi connectivity index (χ0n) is 7.91. The fourth-order valence-corrected chi connectivity index (χ4v) is 1.71. The second kappa shape index (κ2) is 3.59. The van der Waals surface area contributed by atoms with Crippen LogP contribution >= 0.6 is 12.4 Å². The molecule has 0 bridgehead atoms. The van der Waals surface area contributed by atoms with Crippen molar-refractivity contribution >= 4 is 18.3 Å². The van der Waals surface area contributed by atoms with E-state index >= 15 is 0 Å². The molecule has 1 heterocycles. The molecule has 0 fully saturated rings. The number of benzene rings is 1. The summed E-state index contributed by atoms with van der Waals surface area (Å²) in [6.07, 6.45) is 0. The SMILES string of the molecule is CC1(CN)NC(=O)c2ccccc21.Cl. The molecule has 0 radical (unpaired) electrons. The lowest BCUT2D eigenvalue weighted by Gasteiger charge is -2.22. The molecule has 1 aliphatic rings. The highest BCUT2D eigenvalue weighted by Gasteiger charge is 2.37. The predicted molar refractivity (Wildman–Crippen MR) is 57.6 cm³/mol. The average Bonchev–Trinajstić information content (AvgIpc) is 2.42. The zero-order valence-corrected chi connectivity index (χ0v) is 8.73. The first-order valence-electron chi connectivity index (χ1n) is 4.29. The van der Waals surface area contributed by atoms with Crippen LogP contribution in [0.5, 0.6) is 0 Å². The lowest BCUT2D eigenvalue weighted by molar-refractivity contribution is 0.0937. The van der Waals surface area contributed by atoms with Gasteiger partial charge < -0.3 is 11.1 Å². The monoisotopic (exact) mass is 212 g/mol. The third-order valence-corrected chi connectivity index (χ3v) is 2.56. The summed E-state index contributed by atoms with van der Waals surface area (Å²) in [7, 11) is 0. The molecule has 4 heteroatoms. The Hall–Kier alpha value is -1.06. The Bertz CT molecular complexity index is 367. The van der Waals surface area contributed by atoms with Crippen molar-refractivity contribution in [2.75, 3.05) is 6.54 Å². The standard InChI is InChI=1S/C10H12N2O.ClH/c1-10(6-11)8-5-3-2-4-7(8)9(13)12-10;/h2-5H,6,11H2,1H3,(H,12,13);1H. The Balaban J connectivity index is 0.000000980. The molecule has 0 saturated carbocycles. The van der Waals surface area contributed by atoms with E-state index in [0.717, 1.165) is 11.1 Å². The van der Waals surface area contributed by atoms with Gasteiger partial charge in [-0.25, -0.2) is 0 Å². The smallest absolute Gasteiger partial charge is 0.252 e. The van der Waals surface area contributed by atoms with Gasteiger partial charge in [0.05, 0.1) is 5.54 Å². The Morgan fingerprint density at radius 3 is 2.71 bits per heavy atom. The molecule has 1 aromatic rings. The van der Waals surface area contributed by atoms with E-state index in [-0.39, 0.29) is 23.9 Å². The van der Waals surface area contributed by atoms with Gasteiger partial charge in [-0.3, -0.25) is 4.79 Å². The van der Waals surface area contributed by atoms with Crippen LogP contribution in [-0.2, 0) is 5.54 Å². The normalized spacial score (nSPS) is 23.7. The van der Waals surface area contributed by atoms with Crippen LogP contribution in [0.3, 0.4) is 0 Å². The molecule has 76 valence electrons. The minimum atomic E-state index is -0.381. The van der Waals surface area contributed by atoms with Crippen LogP contribution in [0.15, 0.2) is 24.3 Å². The Labute approximate surface area is 89.1 Å². The predicted octanol–water partition coefficient (Wildman–Crippen LogP) is 1.03. The van der Waals surface area contributed by atoms with E-state index in [0.29, 0.717) is 6.54 Å². The molecule has 14 heavy (non-hydrogen) atoms. The highest BCUT2D eigenvalue weighted by atomic mass is 35.5. The molecule has 1 aliphatic heterocycles. The van der Waals surface area contributed by atoms with Gasteiger partial charge in [-0.2, -0.15) is 0 Å². The molecule has 3 nitrogen and oxygen atoms in total. The first-order valence-corrected chi connectivity index (χ1v) is 4.29. The van der Waals surface area contributed by atoms with E-state index in [2.05, 4.69) is 5.32 Å². The highest BCUT2D eigenvalue weighted by Crippen LogP contribution is 2.29. The number of fused-ring (bicyclic) bond motifs is 1. The number of nitrogens with two attached hydrogens (primary N) is 1. The maximum atomic E-state index is 11.5. The number of hydrogen-bond donors (Lipinski definition) is 2. The maximum Gasteiger partial charge on any atom is 0.252 e. The number of rotatable bonds is 1. The maximum absolute atomic E-state index is 11.5. The molecule has 0 aliphatic carbocycles. The lowest BCUT2D eigenvalue weighted by Crippen LogP contribution is -2.42. The van der Waals surface area contributed by atoms with Crippen LogP contribution in [0, 0.1) is 0 Å². The molecule has 0 spiro atoms. The molecule has 3 N–H and O–H groups in total. The number of amides is 1. The van der Waals surface area contributed by atoms with Crippen molar-refractivity contribution in [3.63, 3.8) is 0 Å². The summed E-state index contributed by atoms with van der Waals surface area (Å²) in [5.74, 6) is -0.0245. The fourth-order valence-electron chi connectivity index (χ4n) is 1.71. The van der Waals surface area contributed by atoms with Crippen LogP contribution in [0.2, 0.25) is 0 Å². The van der Waals surface area contributed by atoms with Gasteiger partial charge in [-0.15, -0.1) is 12.4 Å². The molecular weight excluding hydrogens is 200 g/mol. The first-order chi connectivity index (χ1) is 6.17. The summed E-state index contributed by atoms with van der Waals surface area (Å²) in [5, 5.41) is 2.88. The summed E-state index contributed by atoms with van der Waals surface area (Å²) < 4.78 is 0. The van der Waals surface area contributed by atoms with E-state index in [4.69, 9.17) is 5.73 Å². The van der Waals surface area contributed by atoms with Crippen LogP contribution < -0.4 is 11.1 Å². The Kier molecular flexibility index (Phi) is 2.83. The van der Waals surface area contributed by atoms with Gasteiger partial charge in [-0.05, 0) is 18.6 Å². The van der Waals surface area contributed by atoms with E-state index < -0.39 is 0 Å². The molecular formula is C10H13ClN2O. The first kappa shape index (κ1) is 11.0. The number of hydrogen-bond acceptors (Lipinski definition) is 2. The number of halogens is 1. The van der Waals surface area contributed by atoms with E-state index in [9.17, 15) is 4.79 Å². The molecule has 1 aromatic carbocycles. The van der Waals surface area contributed by atoms with Gasteiger partial charge >= 0.3 is 0 Å². The minimum Gasteiger partial charge on any atom is -0.341 e. The van der Waals surface area contributed by atoms with Crippen molar-refractivity contribution in [3.05, 3.63) is 35.4 Å². The fraction of sp³-hybridized carbons (Fsp3) is 0.300. The van der Waals surface area contributed by atoms with Crippen molar-refractivity contribution in [3.8, 4) is 0 Å². The van der Waals surface area contributed by atoms with Crippen molar-refractivity contribution in [2.24, 2.45) is 5.73 Å². The van der Waals surface area contributed by atoms with Crippen molar-refractivity contribution < 1.29 is 4.79 Å². The Morgan fingerprint density at radius 1 is 1.43 bits per heavy atom. The van der Waals surface area contributed by atoms with E-state index in [1.165, 1.54) is 0 Å². The van der Waals surface area contributed by atoms with Gasteiger partial charge in [0.2, 0.25) is 0 Å². The van der Waals surface area contributed by atoms with Crippen LogP contribution in [0.25, 0.3) is 0 Å². The number of carbonyl (C=O) groups excluding carboxylic acids is 1. The second-order valence-corrected chi connectivity index (χ2v) is 3.54. The second-order valence-electron chi connectivity index (χ2n) is 3.54. The molecule has 1 unspecified atom stereocenters. The summed E-state index contributed by atoms with van der Waals surface area (Å²) in [6.45, 7) is 2.37. The van der Waals surface area contributed by atoms with Crippen LogP contribution in [-0.4, -0.2) is 12.5 Å². The van der Waals surface area contributed by atoms with Crippen molar-refractivity contribution in [1.29, 1.82) is 0 Å². The highest BCUT2D eigenvalue weighted by molar-refractivity contribution is 5.99. The largest absolute Gasteiger partial charge is 0.341 e. The van der Waals surface area contributed by atoms with Crippen LogP contribution in [0.4, 0.5) is 0 Å². The Morgan fingerprint density at radius 2 is 2.07 bits per heavy atom. The third kappa shape index (κ3) is 1.38. The minimum absolute atomic E-state index is 0. The van der Waals surface area contributed by atoms with Gasteiger partial charge in [-0.1, -0.05) is 18.2 Å². The molecule has 1 amide bonds. The summed E-state index contributed by atoms with van der Waals surface area (Å²) in [4.78, 5) is 11.5. The third-order valence-electron chi connectivity index (χ3n) is 2.56. The van der Waals surface area contributed by atoms with Gasteiger partial charge in [0.15, 0.2) is 0 Å². The molecule has 0 saturated heterocycles. The van der Waals surface area contributed by atoms with Crippen LogP contribution in [0.1, 0.15) is 22.8 Å². The molecule has 2 rings (SSSR count). The zero-order chi connectivity index (χ0) is 9.47. The quantitative estimate of drug-likeness (QED) is 0.731. The lowest BCUT2D eigenvalue weighted by atomic mass is 9.93.